The summed E-state index contributed by atoms with van der Waals surface area (Å²) in [4.78, 5) is 6.81. The van der Waals surface area contributed by atoms with Crippen molar-refractivity contribution in [3.63, 3.8) is 0 Å². The first-order valence-corrected chi connectivity index (χ1v) is 11.8. The number of nitriles is 1. The Bertz CT molecular complexity index is 1290. The lowest BCUT2D eigenvalue weighted by atomic mass is 10.0. The molecule has 6 heteroatoms. The minimum atomic E-state index is 0.289. The molecule has 0 saturated carbocycles. The van der Waals surface area contributed by atoms with Crippen LogP contribution in [-0.4, -0.2) is 22.1 Å². The highest BCUT2D eigenvalue weighted by Gasteiger charge is 2.22. The Morgan fingerprint density at radius 1 is 1.00 bits per heavy atom. The molecule has 34 heavy (non-hydrogen) atoms. The number of rotatable bonds is 6. The molecular weight excluding hydrogens is 442 g/mol. The maximum absolute atomic E-state index is 9.03. The maximum Gasteiger partial charge on any atom is 0.0991 e. The zero-order valence-corrected chi connectivity index (χ0v) is 19.6. The van der Waals surface area contributed by atoms with Crippen LogP contribution in [0.25, 0.3) is 0 Å². The van der Waals surface area contributed by atoms with Gasteiger partial charge >= 0.3 is 0 Å². The van der Waals surface area contributed by atoms with Crippen LogP contribution in [0, 0.1) is 11.3 Å². The third-order valence-electron chi connectivity index (χ3n) is 6.38. The van der Waals surface area contributed by atoms with E-state index in [1.54, 1.807) is 0 Å². The topological polar surface area (TPSA) is 56.9 Å². The van der Waals surface area contributed by atoms with E-state index in [0.717, 1.165) is 48.9 Å². The summed E-state index contributed by atoms with van der Waals surface area (Å²) in [5.41, 5.74) is 6.90. The Labute approximate surface area is 205 Å². The van der Waals surface area contributed by atoms with E-state index in [1.807, 2.05) is 48.9 Å². The predicted octanol–water partition coefficient (Wildman–Crippen LogP) is 5.18. The molecule has 1 aliphatic heterocycles. The highest BCUT2D eigenvalue weighted by atomic mass is 35.5. The summed E-state index contributed by atoms with van der Waals surface area (Å²) < 4.78 is 2.16. The Balaban J connectivity index is 1.31. The van der Waals surface area contributed by atoms with Gasteiger partial charge in [-0.05, 0) is 59.5 Å². The molecule has 1 N–H and O–H groups in total. The number of nitrogens with one attached hydrogen (secondary N) is 1. The van der Waals surface area contributed by atoms with Crippen LogP contribution in [0.4, 0.5) is 5.69 Å². The van der Waals surface area contributed by atoms with E-state index in [0.29, 0.717) is 5.56 Å². The van der Waals surface area contributed by atoms with Gasteiger partial charge in [0.2, 0.25) is 0 Å². The van der Waals surface area contributed by atoms with Gasteiger partial charge in [-0.15, -0.1) is 0 Å². The first-order chi connectivity index (χ1) is 16.7. The summed E-state index contributed by atoms with van der Waals surface area (Å²) in [5, 5.41) is 13.6. The first kappa shape index (κ1) is 22.2. The highest BCUT2D eigenvalue weighted by molar-refractivity contribution is 6.30. The number of nitrogens with zero attached hydrogens (tertiary/aromatic N) is 4. The average Bonchev–Trinajstić information content (AvgIpc) is 3.21. The summed E-state index contributed by atoms with van der Waals surface area (Å²) in [6.07, 6.45) is 4.78. The molecule has 0 spiro atoms. The molecule has 1 aliphatic rings. The van der Waals surface area contributed by atoms with Gasteiger partial charge in [-0.2, -0.15) is 5.26 Å². The van der Waals surface area contributed by atoms with Gasteiger partial charge in [-0.3, -0.25) is 0 Å². The summed E-state index contributed by atoms with van der Waals surface area (Å²) in [7, 11) is 0. The number of anilines is 1. The first-order valence-electron chi connectivity index (χ1n) is 11.5. The molecule has 1 aromatic heterocycles. The van der Waals surface area contributed by atoms with Crippen molar-refractivity contribution in [1.82, 2.24) is 14.9 Å². The third kappa shape index (κ3) is 5.14. The molecule has 4 aromatic rings. The standard InChI is InChI=1S/C28H26ClN5/c29-25-9-11-27(12-10-25)33-18-24-4-2-1-3-23(24)13-26(19-33)32-16-28-15-31-20-34(28)17-22-7-5-21(14-30)6-8-22/h1-12,15,20,26,32H,13,16-19H2/t26-/m0/s1. The van der Waals surface area contributed by atoms with Crippen molar-refractivity contribution in [3.05, 3.63) is 118 Å². The number of imidazole rings is 1. The number of benzene rings is 3. The van der Waals surface area contributed by atoms with Crippen LogP contribution in [0.3, 0.4) is 0 Å². The van der Waals surface area contributed by atoms with Crippen LogP contribution in [0.15, 0.2) is 85.3 Å². The molecule has 0 fully saturated rings. The van der Waals surface area contributed by atoms with Crippen LogP contribution < -0.4 is 10.2 Å². The number of hydrogen-bond acceptors (Lipinski definition) is 4. The second-order valence-corrected chi connectivity index (χ2v) is 9.17. The van der Waals surface area contributed by atoms with Gasteiger partial charge in [0.1, 0.15) is 0 Å². The number of halogens is 1. The SMILES string of the molecule is N#Cc1ccc(Cn2cncc2CN[C@H]2Cc3ccccc3CN(c3ccc(Cl)cc3)C2)cc1. The fourth-order valence-electron chi connectivity index (χ4n) is 4.53. The zero-order valence-electron chi connectivity index (χ0n) is 18.9. The highest BCUT2D eigenvalue weighted by Crippen LogP contribution is 2.25. The molecule has 170 valence electrons. The van der Waals surface area contributed by atoms with Crippen LogP contribution in [-0.2, 0) is 26.1 Å². The summed E-state index contributed by atoms with van der Waals surface area (Å²) in [6.45, 7) is 3.25. The number of aromatic nitrogens is 2. The normalized spacial score (nSPS) is 15.4. The van der Waals surface area contributed by atoms with E-state index in [1.165, 1.54) is 16.8 Å². The fourth-order valence-corrected chi connectivity index (χ4v) is 4.66. The van der Waals surface area contributed by atoms with Crippen LogP contribution >= 0.6 is 11.6 Å². The molecule has 0 aliphatic carbocycles. The molecule has 5 rings (SSSR count). The van der Waals surface area contributed by atoms with Crippen molar-refractivity contribution in [2.75, 3.05) is 11.4 Å². The third-order valence-corrected chi connectivity index (χ3v) is 6.64. The van der Waals surface area contributed by atoms with Crippen LogP contribution in [0.1, 0.15) is 27.9 Å². The van der Waals surface area contributed by atoms with Gasteiger partial charge < -0.3 is 14.8 Å². The van der Waals surface area contributed by atoms with E-state index in [4.69, 9.17) is 16.9 Å². The predicted molar refractivity (Wildman–Crippen MR) is 136 cm³/mol. The van der Waals surface area contributed by atoms with E-state index in [2.05, 4.69) is 62.2 Å². The molecule has 0 saturated heterocycles. The Hall–Kier alpha value is -3.59. The van der Waals surface area contributed by atoms with Crippen LogP contribution in [0.5, 0.6) is 0 Å². The lowest BCUT2D eigenvalue weighted by molar-refractivity contribution is 0.496. The van der Waals surface area contributed by atoms with Crippen molar-refractivity contribution >= 4 is 17.3 Å². The minimum Gasteiger partial charge on any atom is -0.366 e. The van der Waals surface area contributed by atoms with Gasteiger partial charge in [0, 0.05) is 49.1 Å². The Morgan fingerprint density at radius 2 is 1.76 bits per heavy atom. The number of hydrogen-bond donors (Lipinski definition) is 1. The van der Waals surface area contributed by atoms with Crippen molar-refractivity contribution in [2.24, 2.45) is 0 Å². The minimum absolute atomic E-state index is 0.289. The molecule has 5 nitrogen and oxygen atoms in total. The van der Waals surface area contributed by atoms with Gasteiger partial charge in [-0.1, -0.05) is 48.0 Å². The van der Waals surface area contributed by atoms with Gasteiger partial charge in [-0.25, -0.2) is 4.98 Å². The maximum atomic E-state index is 9.03. The molecule has 2 heterocycles. The lowest BCUT2D eigenvalue weighted by Crippen LogP contribution is -2.40. The molecule has 0 radical (unpaired) electrons. The second kappa shape index (κ2) is 10.1. The molecule has 3 aromatic carbocycles. The van der Waals surface area contributed by atoms with Crippen molar-refractivity contribution < 1.29 is 0 Å². The molecule has 0 amide bonds. The lowest BCUT2D eigenvalue weighted by Gasteiger charge is -2.27. The molecule has 0 unspecified atom stereocenters. The quantitative estimate of drug-likeness (QED) is 0.424. The van der Waals surface area contributed by atoms with E-state index in [9.17, 15) is 0 Å². The van der Waals surface area contributed by atoms with Crippen molar-refractivity contribution in [1.29, 1.82) is 5.26 Å². The molecule has 1 atom stereocenters. The summed E-state index contributed by atoms with van der Waals surface area (Å²) >= 11 is 6.13. The summed E-state index contributed by atoms with van der Waals surface area (Å²) in [6, 6.07) is 27.0. The fraction of sp³-hybridized carbons (Fsp3) is 0.214. The van der Waals surface area contributed by atoms with E-state index >= 15 is 0 Å². The van der Waals surface area contributed by atoms with Crippen LogP contribution in [0.2, 0.25) is 5.02 Å². The van der Waals surface area contributed by atoms with E-state index < -0.39 is 0 Å². The zero-order chi connectivity index (χ0) is 23.3. The monoisotopic (exact) mass is 467 g/mol. The average molecular weight is 468 g/mol. The Kier molecular flexibility index (Phi) is 6.62. The van der Waals surface area contributed by atoms with Crippen molar-refractivity contribution in [2.45, 2.75) is 32.1 Å². The largest absolute Gasteiger partial charge is 0.366 e. The molecular formula is C28H26ClN5. The second-order valence-electron chi connectivity index (χ2n) is 8.73. The van der Waals surface area contributed by atoms with Gasteiger partial charge in [0.05, 0.1) is 23.7 Å². The summed E-state index contributed by atoms with van der Waals surface area (Å²) in [5.74, 6) is 0. The Morgan fingerprint density at radius 3 is 2.53 bits per heavy atom. The van der Waals surface area contributed by atoms with E-state index in [-0.39, 0.29) is 6.04 Å². The smallest absolute Gasteiger partial charge is 0.0991 e. The number of fused-ring (bicyclic) bond motifs is 1. The van der Waals surface area contributed by atoms with Crippen molar-refractivity contribution in [3.8, 4) is 6.07 Å². The molecule has 0 bridgehead atoms. The van der Waals surface area contributed by atoms with Gasteiger partial charge in [0.25, 0.3) is 0 Å². The van der Waals surface area contributed by atoms with Gasteiger partial charge in [0.15, 0.2) is 0 Å².